The summed E-state index contributed by atoms with van der Waals surface area (Å²) in [4.78, 5) is 11.3. The minimum absolute atomic E-state index is 0.0452. The molecule has 0 aliphatic heterocycles. The fourth-order valence-corrected chi connectivity index (χ4v) is 1.98. The molecule has 2 aromatic carbocycles. The summed E-state index contributed by atoms with van der Waals surface area (Å²) >= 11 is 11.6. The minimum atomic E-state index is -0.951. The average molecular weight is 347 g/mol. The molecule has 0 fully saturated rings. The van der Waals surface area contributed by atoms with Gasteiger partial charge in [-0.1, -0.05) is 23.2 Å². The lowest BCUT2D eigenvalue weighted by molar-refractivity contribution is 0.0594. The first-order chi connectivity index (χ1) is 10.4. The second kappa shape index (κ2) is 6.94. The van der Waals surface area contributed by atoms with Crippen molar-refractivity contribution in [1.82, 2.24) is 0 Å². The van der Waals surface area contributed by atoms with Gasteiger partial charge in [0.25, 0.3) is 0 Å². The Balaban J connectivity index is 2.18. The molecule has 0 aliphatic rings. The Kier molecular flexibility index (Phi) is 5.21. The first-order valence-corrected chi connectivity index (χ1v) is 6.82. The molecule has 0 spiro atoms. The number of hydrogen-bond acceptors (Lipinski definition) is 3. The summed E-state index contributed by atoms with van der Waals surface area (Å²) in [6.45, 7) is -0.234. The van der Waals surface area contributed by atoms with E-state index >= 15 is 0 Å². The van der Waals surface area contributed by atoms with Crippen LogP contribution in [0.2, 0.25) is 10.0 Å². The van der Waals surface area contributed by atoms with Gasteiger partial charge in [0.15, 0.2) is 0 Å². The minimum Gasteiger partial charge on any atom is -0.489 e. The van der Waals surface area contributed by atoms with E-state index in [9.17, 15) is 13.6 Å². The van der Waals surface area contributed by atoms with E-state index in [4.69, 9.17) is 27.9 Å². The Bertz CT molecular complexity index is 720. The van der Waals surface area contributed by atoms with Crippen molar-refractivity contribution in [3.63, 3.8) is 0 Å². The second-order valence-electron chi connectivity index (χ2n) is 4.28. The van der Waals surface area contributed by atoms with Gasteiger partial charge in [-0.3, -0.25) is 0 Å². The van der Waals surface area contributed by atoms with Gasteiger partial charge in [0.2, 0.25) is 0 Å². The zero-order valence-electron chi connectivity index (χ0n) is 11.3. The number of hydrogen-bond donors (Lipinski definition) is 0. The van der Waals surface area contributed by atoms with Gasteiger partial charge in [-0.05, 0) is 24.3 Å². The van der Waals surface area contributed by atoms with Gasteiger partial charge in [-0.25, -0.2) is 13.6 Å². The zero-order valence-corrected chi connectivity index (χ0v) is 12.8. The third-order valence-corrected chi connectivity index (χ3v) is 3.57. The predicted molar refractivity (Wildman–Crippen MR) is 78.5 cm³/mol. The van der Waals surface area contributed by atoms with Crippen molar-refractivity contribution in [2.24, 2.45) is 0 Å². The molecule has 0 heterocycles. The number of carbonyl (C=O) groups excluding carboxylic acids is 1. The molecule has 0 bridgehead atoms. The number of rotatable bonds is 4. The van der Waals surface area contributed by atoms with Crippen LogP contribution in [0, 0.1) is 11.6 Å². The Morgan fingerprint density at radius 3 is 2.45 bits per heavy atom. The standard InChI is InChI=1S/C15H10Cl2F2O3/c1-21-15(20)10-6-13(18)8(4-14(10)19)7-22-9-2-3-11(16)12(17)5-9/h2-6H,7H2,1H3. The Labute approximate surface area is 135 Å². The van der Waals surface area contributed by atoms with Gasteiger partial charge in [-0.2, -0.15) is 0 Å². The van der Waals surface area contributed by atoms with Crippen molar-refractivity contribution in [3.8, 4) is 5.75 Å². The van der Waals surface area contributed by atoms with Crippen molar-refractivity contribution in [2.45, 2.75) is 6.61 Å². The van der Waals surface area contributed by atoms with E-state index in [1.807, 2.05) is 0 Å². The summed E-state index contributed by atoms with van der Waals surface area (Å²) in [6.07, 6.45) is 0. The summed E-state index contributed by atoms with van der Waals surface area (Å²) < 4.78 is 37.3. The smallest absolute Gasteiger partial charge is 0.340 e. The molecule has 0 atom stereocenters. The monoisotopic (exact) mass is 346 g/mol. The summed E-state index contributed by atoms with van der Waals surface area (Å²) in [5.41, 5.74) is -0.519. The maximum Gasteiger partial charge on any atom is 0.340 e. The lowest BCUT2D eigenvalue weighted by atomic mass is 10.1. The molecule has 0 saturated carbocycles. The van der Waals surface area contributed by atoms with Gasteiger partial charge in [0.1, 0.15) is 24.0 Å². The molecule has 0 unspecified atom stereocenters. The third-order valence-electron chi connectivity index (χ3n) is 2.83. The van der Waals surface area contributed by atoms with Gasteiger partial charge < -0.3 is 9.47 Å². The van der Waals surface area contributed by atoms with E-state index in [0.29, 0.717) is 10.8 Å². The van der Waals surface area contributed by atoms with E-state index in [1.54, 1.807) is 6.07 Å². The maximum atomic E-state index is 13.9. The van der Waals surface area contributed by atoms with Crippen LogP contribution in [0.4, 0.5) is 8.78 Å². The molecule has 0 N–H and O–H groups in total. The molecule has 22 heavy (non-hydrogen) atoms. The Hall–Kier alpha value is -1.85. The van der Waals surface area contributed by atoms with E-state index in [1.165, 1.54) is 12.1 Å². The fraction of sp³-hybridized carbons (Fsp3) is 0.133. The van der Waals surface area contributed by atoms with Crippen molar-refractivity contribution in [1.29, 1.82) is 0 Å². The van der Waals surface area contributed by atoms with Crippen molar-refractivity contribution >= 4 is 29.2 Å². The third kappa shape index (κ3) is 3.67. The highest BCUT2D eigenvalue weighted by molar-refractivity contribution is 6.42. The van der Waals surface area contributed by atoms with E-state index < -0.39 is 23.2 Å². The van der Waals surface area contributed by atoms with Gasteiger partial charge >= 0.3 is 5.97 Å². The van der Waals surface area contributed by atoms with E-state index in [-0.39, 0.29) is 17.2 Å². The Morgan fingerprint density at radius 1 is 1.09 bits per heavy atom. The molecule has 0 aliphatic carbocycles. The molecular weight excluding hydrogens is 337 g/mol. The first-order valence-electron chi connectivity index (χ1n) is 6.06. The van der Waals surface area contributed by atoms with Crippen molar-refractivity contribution < 1.29 is 23.0 Å². The summed E-state index contributed by atoms with van der Waals surface area (Å²) in [5, 5.41) is 0.639. The summed E-state index contributed by atoms with van der Waals surface area (Å²) in [6, 6.07) is 6.19. The second-order valence-corrected chi connectivity index (χ2v) is 5.09. The van der Waals surface area contributed by atoms with Crippen LogP contribution in [0.15, 0.2) is 30.3 Å². The molecule has 116 valence electrons. The summed E-state index contributed by atoms with van der Waals surface area (Å²) in [5.74, 6) is -2.26. The van der Waals surface area contributed by atoms with Crippen LogP contribution in [-0.4, -0.2) is 13.1 Å². The molecule has 2 rings (SSSR count). The quantitative estimate of drug-likeness (QED) is 0.756. The lowest BCUT2D eigenvalue weighted by Crippen LogP contribution is -2.08. The number of benzene rings is 2. The predicted octanol–water partition coefficient (Wildman–Crippen LogP) is 4.64. The molecular formula is C15H10Cl2F2O3. The lowest BCUT2D eigenvalue weighted by Gasteiger charge is -2.09. The van der Waals surface area contributed by atoms with Crippen LogP contribution >= 0.6 is 23.2 Å². The Morgan fingerprint density at radius 2 is 1.82 bits per heavy atom. The van der Waals surface area contributed by atoms with Gasteiger partial charge in [-0.15, -0.1) is 0 Å². The largest absolute Gasteiger partial charge is 0.489 e. The first kappa shape index (κ1) is 16.5. The molecule has 0 amide bonds. The topological polar surface area (TPSA) is 35.5 Å². The molecule has 7 heteroatoms. The highest BCUT2D eigenvalue weighted by atomic mass is 35.5. The van der Waals surface area contributed by atoms with E-state index in [0.717, 1.165) is 19.2 Å². The molecule has 0 radical (unpaired) electrons. The van der Waals surface area contributed by atoms with Crippen LogP contribution in [0.1, 0.15) is 15.9 Å². The highest BCUT2D eigenvalue weighted by Crippen LogP contribution is 2.27. The fourth-order valence-electron chi connectivity index (χ4n) is 1.69. The van der Waals surface area contributed by atoms with Crippen molar-refractivity contribution in [3.05, 3.63) is 63.1 Å². The van der Waals surface area contributed by atoms with Crippen LogP contribution in [0.5, 0.6) is 5.75 Å². The number of methoxy groups -OCH3 is 1. The highest BCUT2D eigenvalue weighted by Gasteiger charge is 2.17. The molecule has 2 aromatic rings. The zero-order chi connectivity index (χ0) is 16.3. The molecule has 0 saturated heterocycles. The number of carbonyl (C=O) groups is 1. The van der Waals surface area contributed by atoms with Gasteiger partial charge in [0, 0.05) is 11.6 Å². The summed E-state index contributed by atoms with van der Waals surface area (Å²) in [7, 11) is 1.08. The molecule has 3 nitrogen and oxygen atoms in total. The van der Waals surface area contributed by atoms with E-state index in [2.05, 4.69) is 4.74 Å². The van der Waals surface area contributed by atoms with Crippen LogP contribution in [0.25, 0.3) is 0 Å². The van der Waals surface area contributed by atoms with Crippen LogP contribution in [-0.2, 0) is 11.3 Å². The number of esters is 1. The van der Waals surface area contributed by atoms with Gasteiger partial charge in [0.05, 0.1) is 22.7 Å². The number of halogens is 4. The molecule has 0 aromatic heterocycles. The SMILES string of the molecule is COC(=O)c1cc(F)c(COc2ccc(Cl)c(Cl)c2)cc1F. The van der Waals surface area contributed by atoms with Crippen LogP contribution < -0.4 is 4.74 Å². The van der Waals surface area contributed by atoms with Crippen molar-refractivity contribution in [2.75, 3.05) is 7.11 Å². The average Bonchev–Trinajstić information content (AvgIpc) is 2.50. The normalized spacial score (nSPS) is 10.4. The number of ether oxygens (including phenoxy) is 2. The van der Waals surface area contributed by atoms with Crippen LogP contribution in [0.3, 0.4) is 0 Å². The maximum absolute atomic E-state index is 13.9.